The number of hydrogen-bond acceptors (Lipinski definition) is 7. The molecule has 3 heterocycles. The molecule has 1 aromatic carbocycles. The Bertz CT molecular complexity index is 1420. The van der Waals surface area contributed by atoms with Crippen molar-refractivity contribution in [2.75, 3.05) is 18.5 Å². The van der Waals surface area contributed by atoms with Crippen LogP contribution < -0.4 is 5.32 Å². The smallest absolute Gasteiger partial charge is 0.360 e. The molecule has 10 nitrogen and oxygen atoms in total. The highest BCUT2D eigenvalue weighted by Gasteiger charge is 2.23. The Labute approximate surface area is 209 Å². The lowest BCUT2D eigenvalue weighted by Crippen LogP contribution is -2.17. The van der Waals surface area contributed by atoms with E-state index in [1.165, 1.54) is 6.20 Å². The van der Waals surface area contributed by atoms with Crippen LogP contribution in [0.5, 0.6) is 0 Å². The van der Waals surface area contributed by atoms with E-state index in [0.717, 1.165) is 0 Å². The highest BCUT2D eigenvalue weighted by Crippen LogP contribution is 2.25. The van der Waals surface area contributed by atoms with Crippen molar-refractivity contribution in [3.05, 3.63) is 75.8 Å². The summed E-state index contributed by atoms with van der Waals surface area (Å²) in [4.78, 5) is 41.9. The van der Waals surface area contributed by atoms with Crippen LogP contribution in [0.2, 0.25) is 0 Å². The van der Waals surface area contributed by atoms with Gasteiger partial charge in [0.1, 0.15) is 5.56 Å². The maximum absolute atomic E-state index is 13.1. The minimum atomic E-state index is -0.639. The molecule has 0 spiro atoms. The molecule has 0 atom stereocenters. The average molecular weight is 540 g/mol. The molecule has 0 saturated heterocycles. The van der Waals surface area contributed by atoms with Crippen molar-refractivity contribution in [3.8, 4) is 5.69 Å². The summed E-state index contributed by atoms with van der Waals surface area (Å²) >= 11 is 3.41. The molecule has 0 unspecified atom stereocenters. The summed E-state index contributed by atoms with van der Waals surface area (Å²) in [6.07, 6.45) is 3.14. The van der Waals surface area contributed by atoms with Gasteiger partial charge in [0.2, 0.25) is 0 Å². The molecule has 4 aromatic rings. The number of carbonyl (C=O) groups excluding carboxylic acids is 3. The number of carbonyl (C=O) groups is 3. The summed E-state index contributed by atoms with van der Waals surface area (Å²) in [5.41, 5.74) is 2.48. The molecule has 0 aliphatic rings. The van der Waals surface area contributed by atoms with Gasteiger partial charge in [0, 0.05) is 11.8 Å². The van der Waals surface area contributed by atoms with Gasteiger partial charge in [-0.1, -0.05) is 0 Å². The second kappa shape index (κ2) is 10.1. The second-order valence-corrected chi connectivity index (χ2v) is 8.21. The Hall–Kier alpha value is -3.99. The van der Waals surface area contributed by atoms with Crippen molar-refractivity contribution in [1.82, 2.24) is 19.2 Å². The maximum atomic E-state index is 13.1. The van der Waals surface area contributed by atoms with E-state index in [0.29, 0.717) is 32.6 Å². The standard InChI is InChI=1S/C24H22BrN5O5/c1-4-34-23(32)17-13-26-30(14(17)3)16-10-8-15(9-11-16)22(31)28-21-19(24(33)35-5-2)27-20-18(25)7-6-12-29(20)21/h6-13H,4-5H2,1-3H3,(H,28,31). The molecule has 0 aliphatic heterocycles. The lowest BCUT2D eigenvalue weighted by atomic mass is 10.2. The molecule has 4 rings (SSSR count). The molecule has 0 bridgehead atoms. The number of aromatic nitrogens is 4. The number of nitrogens with one attached hydrogen (secondary N) is 1. The topological polar surface area (TPSA) is 117 Å². The largest absolute Gasteiger partial charge is 0.462 e. The highest BCUT2D eigenvalue weighted by atomic mass is 79.9. The Kier molecular flexibility index (Phi) is 6.97. The van der Waals surface area contributed by atoms with Crippen molar-refractivity contribution in [2.24, 2.45) is 0 Å². The van der Waals surface area contributed by atoms with Crippen LogP contribution in [0, 0.1) is 6.92 Å². The van der Waals surface area contributed by atoms with Crippen molar-refractivity contribution >= 4 is 45.2 Å². The molecule has 1 N–H and O–H groups in total. The van der Waals surface area contributed by atoms with E-state index in [4.69, 9.17) is 9.47 Å². The molecule has 11 heteroatoms. The minimum Gasteiger partial charge on any atom is -0.462 e. The summed E-state index contributed by atoms with van der Waals surface area (Å²) in [5.74, 6) is -1.31. The zero-order valence-corrected chi connectivity index (χ0v) is 20.8. The van der Waals surface area contributed by atoms with E-state index < -0.39 is 17.8 Å². The Balaban J connectivity index is 1.61. The van der Waals surface area contributed by atoms with Crippen molar-refractivity contribution in [1.29, 1.82) is 0 Å². The Morgan fingerprint density at radius 3 is 2.40 bits per heavy atom. The summed E-state index contributed by atoms with van der Waals surface area (Å²) < 4.78 is 14.0. The van der Waals surface area contributed by atoms with Gasteiger partial charge in [-0.15, -0.1) is 0 Å². The zero-order chi connectivity index (χ0) is 25.1. The van der Waals surface area contributed by atoms with E-state index in [1.54, 1.807) is 72.4 Å². The normalized spacial score (nSPS) is 10.9. The quantitative estimate of drug-likeness (QED) is 0.350. The van der Waals surface area contributed by atoms with Gasteiger partial charge in [0.25, 0.3) is 5.91 Å². The zero-order valence-electron chi connectivity index (χ0n) is 19.2. The minimum absolute atomic E-state index is 0.00220. The Morgan fingerprint density at radius 2 is 1.71 bits per heavy atom. The third kappa shape index (κ3) is 4.67. The van der Waals surface area contributed by atoms with Gasteiger partial charge in [0.15, 0.2) is 17.2 Å². The predicted octanol–water partition coefficient (Wildman–Crippen LogP) is 4.20. The lowest BCUT2D eigenvalue weighted by molar-refractivity contribution is 0.0513. The molecule has 0 saturated carbocycles. The molecule has 180 valence electrons. The number of esters is 2. The number of halogens is 1. The van der Waals surface area contributed by atoms with Crippen LogP contribution in [0.15, 0.2) is 53.3 Å². The summed E-state index contributed by atoms with van der Waals surface area (Å²) in [5, 5.41) is 7.04. The fraction of sp³-hybridized carbons (Fsp3) is 0.208. The van der Waals surface area contributed by atoms with Crippen molar-refractivity contribution in [3.63, 3.8) is 0 Å². The maximum Gasteiger partial charge on any atom is 0.360 e. The number of nitrogens with zero attached hydrogens (tertiary/aromatic N) is 4. The van der Waals surface area contributed by atoms with Gasteiger partial charge < -0.3 is 14.8 Å². The second-order valence-electron chi connectivity index (χ2n) is 7.36. The van der Waals surface area contributed by atoms with E-state index >= 15 is 0 Å². The van der Waals surface area contributed by atoms with Gasteiger partial charge >= 0.3 is 11.9 Å². The van der Waals surface area contributed by atoms with E-state index in [9.17, 15) is 14.4 Å². The van der Waals surface area contributed by atoms with Crippen LogP contribution in [-0.4, -0.2) is 50.2 Å². The Morgan fingerprint density at radius 1 is 1.03 bits per heavy atom. The number of anilines is 1. The molecule has 0 radical (unpaired) electrons. The van der Waals surface area contributed by atoms with Crippen LogP contribution in [0.4, 0.5) is 5.82 Å². The highest BCUT2D eigenvalue weighted by molar-refractivity contribution is 9.10. The molecular formula is C24H22BrN5O5. The number of benzene rings is 1. The van der Waals surface area contributed by atoms with Crippen molar-refractivity contribution in [2.45, 2.75) is 20.8 Å². The number of pyridine rings is 1. The first-order chi connectivity index (χ1) is 16.8. The van der Waals surface area contributed by atoms with Gasteiger partial charge in [-0.25, -0.2) is 19.3 Å². The fourth-order valence-corrected chi connectivity index (χ4v) is 3.94. The summed E-state index contributed by atoms with van der Waals surface area (Å²) in [6.45, 7) is 5.64. The van der Waals surface area contributed by atoms with E-state index in [2.05, 4.69) is 31.3 Å². The lowest BCUT2D eigenvalue weighted by Gasteiger charge is -2.09. The summed E-state index contributed by atoms with van der Waals surface area (Å²) in [7, 11) is 0. The first-order valence-corrected chi connectivity index (χ1v) is 11.6. The third-order valence-electron chi connectivity index (χ3n) is 5.18. The van der Waals surface area contributed by atoms with E-state index in [1.807, 2.05) is 0 Å². The van der Waals surface area contributed by atoms with Crippen LogP contribution in [-0.2, 0) is 9.47 Å². The van der Waals surface area contributed by atoms with Crippen molar-refractivity contribution < 1.29 is 23.9 Å². The number of imidazole rings is 1. The first-order valence-electron chi connectivity index (χ1n) is 10.8. The number of ether oxygens (including phenoxy) is 2. The first kappa shape index (κ1) is 24.1. The van der Waals surface area contributed by atoms with Gasteiger partial charge in [0.05, 0.1) is 35.3 Å². The van der Waals surface area contributed by atoms with Crippen LogP contribution in [0.1, 0.15) is 50.7 Å². The number of fused-ring (bicyclic) bond motifs is 1. The number of amides is 1. The molecule has 1 amide bonds. The predicted molar refractivity (Wildman–Crippen MR) is 131 cm³/mol. The van der Waals surface area contributed by atoms with Crippen LogP contribution >= 0.6 is 15.9 Å². The van der Waals surface area contributed by atoms with Gasteiger partial charge in [-0.05, 0) is 73.1 Å². The van der Waals surface area contributed by atoms with Gasteiger partial charge in [-0.3, -0.25) is 9.20 Å². The molecule has 0 aliphatic carbocycles. The monoisotopic (exact) mass is 539 g/mol. The molecule has 35 heavy (non-hydrogen) atoms. The van der Waals surface area contributed by atoms with Crippen LogP contribution in [0.25, 0.3) is 11.3 Å². The average Bonchev–Trinajstić information content (AvgIpc) is 3.41. The van der Waals surface area contributed by atoms with E-state index in [-0.39, 0.29) is 24.7 Å². The molecular weight excluding hydrogens is 518 g/mol. The SMILES string of the molecule is CCOC(=O)c1cnn(-c2ccc(C(=O)Nc3c(C(=O)OCC)nc4c(Br)cccn34)cc2)c1C. The summed E-state index contributed by atoms with van der Waals surface area (Å²) in [6, 6.07) is 10.2. The molecule has 3 aromatic heterocycles. The fourth-order valence-electron chi connectivity index (χ4n) is 3.51. The number of rotatable bonds is 7. The third-order valence-corrected chi connectivity index (χ3v) is 5.80. The molecule has 0 fully saturated rings. The van der Waals surface area contributed by atoms with Crippen LogP contribution in [0.3, 0.4) is 0 Å². The number of hydrogen-bond donors (Lipinski definition) is 1. The van der Waals surface area contributed by atoms with Gasteiger partial charge in [-0.2, -0.15) is 5.10 Å².